The molecule has 0 bridgehead atoms. The number of carbonyl (C=O) groups excluding carboxylic acids is 2. The molecule has 5 rings (SSSR count). The lowest BCUT2D eigenvalue weighted by Crippen LogP contribution is -2.56. The second-order valence-electron chi connectivity index (χ2n) is 9.32. The Bertz CT molecular complexity index is 1230. The van der Waals surface area contributed by atoms with Gasteiger partial charge in [0.1, 0.15) is 0 Å². The van der Waals surface area contributed by atoms with E-state index in [4.69, 9.17) is 11.6 Å². The summed E-state index contributed by atoms with van der Waals surface area (Å²) in [5.74, 6) is 0.0588. The Labute approximate surface area is 215 Å². The number of halogens is 1. The van der Waals surface area contributed by atoms with Gasteiger partial charge in [-0.05, 0) is 60.5 Å². The van der Waals surface area contributed by atoms with Crippen LogP contribution in [0.25, 0.3) is 0 Å². The molecule has 0 spiro atoms. The first-order valence-electron chi connectivity index (χ1n) is 12.2. The lowest BCUT2D eigenvalue weighted by Gasteiger charge is -2.43. The molecule has 0 saturated carbocycles. The fourth-order valence-electron chi connectivity index (χ4n) is 5.33. The molecule has 7 heteroatoms. The number of aryl methyl sites for hydroxylation is 1. The van der Waals surface area contributed by atoms with E-state index in [9.17, 15) is 9.59 Å². The highest BCUT2D eigenvalue weighted by Gasteiger charge is 2.38. The predicted molar refractivity (Wildman–Crippen MR) is 141 cm³/mol. The number of hydrogen-bond donors (Lipinski definition) is 0. The van der Waals surface area contributed by atoms with E-state index in [-0.39, 0.29) is 23.9 Å². The van der Waals surface area contributed by atoms with Gasteiger partial charge in [0, 0.05) is 37.6 Å². The maximum Gasteiger partial charge on any atom is 0.255 e. The van der Waals surface area contributed by atoms with Crippen LogP contribution in [0.1, 0.15) is 44.9 Å². The number of carbonyl (C=O) groups is 2. The zero-order valence-corrected chi connectivity index (χ0v) is 21.7. The average molecular weight is 508 g/mol. The summed E-state index contributed by atoms with van der Waals surface area (Å²) in [6.07, 6.45) is 0.965. The summed E-state index contributed by atoms with van der Waals surface area (Å²) in [6.45, 7) is 7.13. The third kappa shape index (κ3) is 4.63. The van der Waals surface area contributed by atoms with Gasteiger partial charge in [-0.2, -0.15) is 0 Å². The number of piperazine rings is 1. The molecule has 2 aromatic carbocycles. The van der Waals surface area contributed by atoms with Crippen molar-refractivity contribution in [1.29, 1.82) is 0 Å². The van der Waals surface area contributed by atoms with Gasteiger partial charge in [0.05, 0.1) is 22.7 Å². The first-order chi connectivity index (χ1) is 17.0. The van der Waals surface area contributed by atoms with Crippen LogP contribution in [0, 0.1) is 6.92 Å². The largest absolute Gasteiger partial charge is 0.338 e. The van der Waals surface area contributed by atoms with Crippen molar-refractivity contribution in [2.75, 3.05) is 32.7 Å². The number of amides is 2. The second-order valence-corrected chi connectivity index (χ2v) is 10.7. The van der Waals surface area contributed by atoms with Gasteiger partial charge in [-0.15, -0.1) is 11.3 Å². The Hall–Kier alpha value is -2.67. The quantitative estimate of drug-likeness (QED) is 0.497. The van der Waals surface area contributed by atoms with Crippen molar-refractivity contribution in [1.82, 2.24) is 14.7 Å². The van der Waals surface area contributed by atoms with Gasteiger partial charge >= 0.3 is 0 Å². The van der Waals surface area contributed by atoms with Gasteiger partial charge in [-0.25, -0.2) is 0 Å². The molecule has 182 valence electrons. The molecule has 0 aliphatic carbocycles. The molecule has 35 heavy (non-hydrogen) atoms. The number of benzene rings is 2. The number of rotatable bonds is 4. The van der Waals surface area contributed by atoms with Crippen LogP contribution in [-0.2, 0) is 11.2 Å². The van der Waals surface area contributed by atoms with Crippen molar-refractivity contribution in [2.45, 2.75) is 32.4 Å². The van der Waals surface area contributed by atoms with Gasteiger partial charge in [0.25, 0.3) is 5.91 Å². The highest BCUT2D eigenvalue weighted by molar-refractivity contribution is 7.10. The van der Waals surface area contributed by atoms with E-state index in [0.29, 0.717) is 36.8 Å². The van der Waals surface area contributed by atoms with Gasteiger partial charge in [0.2, 0.25) is 5.91 Å². The molecule has 1 saturated heterocycles. The molecule has 2 aliphatic heterocycles. The number of thiophene rings is 1. The predicted octanol–water partition coefficient (Wildman–Crippen LogP) is 5.03. The first-order valence-corrected chi connectivity index (χ1v) is 13.4. The van der Waals surface area contributed by atoms with Crippen LogP contribution in [0.5, 0.6) is 0 Å². The minimum atomic E-state index is -0.251. The monoisotopic (exact) mass is 507 g/mol. The zero-order valence-electron chi connectivity index (χ0n) is 20.1. The van der Waals surface area contributed by atoms with E-state index in [0.717, 1.165) is 13.0 Å². The summed E-state index contributed by atoms with van der Waals surface area (Å²) in [7, 11) is 0. The van der Waals surface area contributed by atoms with E-state index < -0.39 is 0 Å². The Kier molecular flexibility index (Phi) is 6.96. The van der Waals surface area contributed by atoms with E-state index in [1.165, 1.54) is 21.6 Å². The minimum Gasteiger partial charge on any atom is -0.338 e. The number of hydrogen-bond acceptors (Lipinski definition) is 4. The molecule has 1 fully saturated rings. The van der Waals surface area contributed by atoms with Crippen LogP contribution >= 0.6 is 22.9 Å². The van der Waals surface area contributed by atoms with Gasteiger partial charge < -0.3 is 9.80 Å². The van der Waals surface area contributed by atoms with Crippen molar-refractivity contribution >= 4 is 34.8 Å². The zero-order chi connectivity index (χ0) is 24.5. The van der Waals surface area contributed by atoms with Crippen molar-refractivity contribution in [3.05, 3.63) is 92.1 Å². The minimum absolute atomic E-state index is 0.0728. The van der Waals surface area contributed by atoms with Crippen LogP contribution in [0.2, 0.25) is 5.02 Å². The van der Waals surface area contributed by atoms with Crippen LogP contribution in [0.3, 0.4) is 0 Å². The lowest BCUT2D eigenvalue weighted by atomic mass is 9.89. The highest BCUT2D eigenvalue weighted by atomic mass is 35.5. The third-order valence-electron chi connectivity index (χ3n) is 7.32. The van der Waals surface area contributed by atoms with E-state index in [1.807, 2.05) is 35.3 Å². The summed E-state index contributed by atoms with van der Waals surface area (Å²) in [6, 6.07) is 17.7. The maximum atomic E-state index is 13.7. The standard InChI is InChI=1S/C28H30ClN3O2S/c1-19-7-3-4-8-21(19)26-23-12-18-35-25(23)11-13-32(26)20(2)27(33)30-14-16-31(17-15-30)28(34)22-9-5-6-10-24(22)29/h3-10,12,18,20,26H,11,13-17H2,1-2H3/t20-,26+/m1/s1. The van der Waals surface area contributed by atoms with Crippen LogP contribution in [0.4, 0.5) is 0 Å². The van der Waals surface area contributed by atoms with E-state index in [2.05, 4.69) is 47.5 Å². The fraction of sp³-hybridized carbons (Fsp3) is 0.357. The van der Waals surface area contributed by atoms with Gasteiger partial charge in [0.15, 0.2) is 0 Å². The van der Waals surface area contributed by atoms with Crippen molar-refractivity contribution in [2.24, 2.45) is 0 Å². The van der Waals surface area contributed by atoms with Crippen molar-refractivity contribution < 1.29 is 9.59 Å². The maximum absolute atomic E-state index is 13.7. The Morgan fingerprint density at radius 2 is 1.60 bits per heavy atom. The molecular weight excluding hydrogens is 478 g/mol. The summed E-state index contributed by atoms with van der Waals surface area (Å²) in [5.41, 5.74) is 4.35. The van der Waals surface area contributed by atoms with Crippen LogP contribution < -0.4 is 0 Å². The highest BCUT2D eigenvalue weighted by Crippen LogP contribution is 2.40. The Balaban J connectivity index is 1.31. The summed E-state index contributed by atoms with van der Waals surface area (Å²) < 4.78 is 0. The van der Waals surface area contributed by atoms with E-state index in [1.54, 1.807) is 17.0 Å². The average Bonchev–Trinajstić information content (AvgIpc) is 3.37. The molecule has 0 radical (unpaired) electrons. The SMILES string of the molecule is Cc1ccccc1[C@H]1c2ccsc2CCN1[C@H](C)C(=O)N1CCN(C(=O)c2ccccc2Cl)CC1. The molecular formula is C28H30ClN3O2S. The molecule has 1 aromatic heterocycles. The molecule has 3 heterocycles. The molecule has 5 nitrogen and oxygen atoms in total. The molecule has 2 aliphatic rings. The first kappa shape index (κ1) is 24.0. The molecule has 2 amide bonds. The smallest absolute Gasteiger partial charge is 0.255 e. The Morgan fingerprint density at radius 3 is 2.34 bits per heavy atom. The molecule has 0 unspecified atom stereocenters. The van der Waals surface area contributed by atoms with Gasteiger partial charge in [-0.1, -0.05) is 48.0 Å². The molecule has 0 N–H and O–H groups in total. The number of nitrogens with zero attached hydrogens (tertiary/aromatic N) is 3. The number of fused-ring (bicyclic) bond motifs is 1. The second kappa shape index (κ2) is 10.1. The van der Waals surface area contributed by atoms with E-state index >= 15 is 0 Å². The summed E-state index contributed by atoms with van der Waals surface area (Å²) in [5, 5.41) is 2.63. The molecule has 2 atom stereocenters. The van der Waals surface area contributed by atoms with Gasteiger partial charge in [-0.3, -0.25) is 14.5 Å². The molecule has 3 aromatic rings. The van der Waals surface area contributed by atoms with Crippen molar-refractivity contribution in [3.8, 4) is 0 Å². The fourth-order valence-corrected chi connectivity index (χ4v) is 6.45. The van der Waals surface area contributed by atoms with Crippen LogP contribution in [-0.4, -0.2) is 65.3 Å². The summed E-state index contributed by atoms with van der Waals surface area (Å²) in [4.78, 5) is 34.1. The third-order valence-corrected chi connectivity index (χ3v) is 8.65. The summed E-state index contributed by atoms with van der Waals surface area (Å²) >= 11 is 8.04. The lowest BCUT2D eigenvalue weighted by molar-refractivity contribution is -0.138. The van der Waals surface area contributed by atoms with Crippen LogP contribution in [0.15, 0.2) is 60.0 Å². The normalized spacial score (nSPS) is 19.3. The van der Waals surface area contributed by atoms with Crippen molar-refractivity contribution in [3.63, 3.8) is 0 Å². The topological polar surface area (TPSA) is 43.9 Å². The Morgan fingerprint density at radius 1 is 0.914 bits per heavy atom.